The number of carbonyl (C=O) groups is 1. The molecule has 1 aliphatic heterocycles. The fourth-order valence-electron chi connectivity index (χ4n) is 3.11. The van der Waals surface area contributed by atoms with E-state index >= 15 is 0 Å². The van der Waals surface area contributed by atoms with Gasteiger partial charge in [0.1, 0.15) is 5.69 Å². The lowest BCUT2D eigenvalue weighted by atomic mass is 10.1. The Morgan fingerprint density at radius 3 is 2.62 bits per heavy atom. The van der Waals surface area contributed by atoms with E-state index in [0.29, 0.717) is 5.69 Å². The molecule has 1 aromatic carbocycles. The number of nitrogens with zero attached hydrogens (tertiary/aromatic N) is 3. The third-order valence-electron chi connectivity index (χ3n) is 4.47. The molecule has 4 rings (SSSR count). The highest BCUT2D eigenvalue weighted by Gasteiger charge is 2.14. The summed E-state index contributed by atoms with van der Waals surface area (Å²) < 4.78 is 1.94. The number of amides is 1. The Bertz CT molecular complexity index is 859. The monoisotopic (exact) mass is 340 g/mol. The van der Waals surface area contributed by atoms with Gasteiger partial charge in [-0.05, 0) is 50.5 Å². The van der Waals surface area contributed by atoms with E-state index in [2.05, 4.69) is 27.3 Å². The third kappa shape index (κ3) is 2.89. The molecule has 24 heavy (non-hydrogen) atoms. The summed E-state index contributed by atoms with van der Waals surface area (Å²) in [6.45, 7) is 4.25. The summed E-state index contributed by atoms with van der Waals surface area (Å²) in [4.78, 5) is 20.0. The highest BCUT2D eigenvalue weighted by Crippen LogP contribution is 2.22. The molecule has 0 bridgehead atoms. The summed E-state index contributed by atoms with van der Waals surface area (Å²) in [6.07, 6.45) is 5.63. The molecule has 2 aromatic heterocycles. The van der Waals surface area contributed by atoms with Crippen molar-refractivity contribution >= 4 is 33.6 Å². The SMILES string of the molecule is Cc1csc2nc(C(=O)Nc3ccc(N4CCCCC4)cc3)cn12. The fraction of sp³-hybridized carbons (Fsp3) is 0.333. The molecule has 0 aliphatic carbocycles. The minimum absolute atomic E-state index is 0.170. The molecule has 1 fully saturated rings. The second-order valence-corrected chi connectivity index (χ2v) is 7.04. The van der Waals surface area contributed by atoms with E-state index < -0.39 is 0 Å². The van der Waals surface area contributed by atoms with Gasteiger partial charge in [-0.2, -0.15) is 0 Å². The summed E-state index contributed by atoms with van der Waals surface area (Å²) in [5.41, 5.74) is 3.57. The van der Waals surface area contributed by atoms with Crippen LogP contribution in [-0.4, -0.2) is 28.4 Å². The summed E-state index contributed by atoms with van der Waals surface area (Å²) in [6, 6.07) is 8.09. The van der Waals surface area contributed by atoms with Gasteiger partial charge in [0.2, 0.25) is 0 Å². The van der Waals surface area contributed by atoms with Crippen molar-refractivity contribution in [3.8, 4) is 0 Å². The van der Waals surface area contributed by atoms with E-state index in [1.807, 2.05) is 28.8 Å². The Morgan fingerprint density at radius 2 is 1.92 bits per heavy atom. The van der Waals surface area contributed by atoms with Crippen LogP contribution in [0.2, 0.25) is 0 Å². The number of fused-ring (bicyclic) bond motifs is 1. The predicted octanol–water partition coefficient (Wildman–Crippen LogP) is 3.95. The number of aromatic nitrogens is 2. The van der Waals surface area contributed by atoms with Gasteiger partial charge in [-0.1, -0.05) is 0 Å². The molecular weight excluding hydrogens is 320 g/mol. The molecule has 6 heteroatoms. The number of anilines is 2. The highest BCUT2D eigenvalue weighted by atomic mass is 32.1. The topological polar surface area (TPSA) is 49.6 Å². The van der Waals surface area contributed by atoms with Crippen LogP contribution < -0.4 is 10.2 Å². The third-order valence-corrected chi connectivity index (χ3v) is 5.43. The summed E-state index contributed by atoms with van der Waals surface area (Å²) in [5, 5.41) is 4.96. The van der Waals surface area contributed by atoms with Gasteiger partial charge >= 0.3 is 0 Å². The van der Waals surface area contributed by atoms with Gasteiger partial charge in [0.25, 0.3) is 5.91 Å². The van der Waals surface area contributed by atoms with E-state index in [9.17, 15) is 4.79 Å². The predicted molar refractivity (Wildman–Crippen MR) is 98.3 cm³/mol. The zero-order chi connectivity index (χ0) is 16.5. The first kappa shape index (κ1) is 15.2. The number of hydrogen-bond acceptors (Lipinski definition) is 4. The maximum Gasteiger partial charge on any atom is 0.275 e. The Kier molecular flexibility index (Phi) is 3.98. The molecule has 0 atom stereocenters. The van der Waals surface area contributed by atoms with E-state index in [4.69, 9.17) is 0 Å². The molecule has 0 radical (unpaired) electrons. The van der Waals surface area contributed by atoms with Crippen LogP contribution in [0.15, 0.2) is 35.8 Å². The molecule has 1 saturated heterocycles. The number of hydrogen-bond donors (Lipinski definition) is 1. The molecule has 124 valence electrons. The van der Waals surface area contributed by atoms with Crippen LogP contribution in [-0.2, 0) is 0 Å². The number of benzene rings is 1. The molecular formula is C18H20N4OS. The number of carbonyl (C=O) groups excluding carboxylic acids is 1. The van der Waals surface area contributed by atoms with Crippen LogP contribution in [0.1, 0.15) is 35.4 Å². The minimum Gasteiger partial charge on any atom is -0.372 e. The van der Waals surface area contributed by atoms with Gasteiger partial charge < -0.3 is 10.2 Å². The van der Waals surface area contributed by atoms with Crippen LogP contribution in [0, 0.1) is 6.92 Å². The lowest BCUT2D eigenvalue weighted by molar-refractivity contribution is 0.102. The van der Waals surface area contributed by atoms with Crippen molar-refractivity contribution < 1.29 is 4.79 Å². The van der Waals surface area contributed by atoms with Gasteiger partial charge in [-0.25, -0.2) is 4.98 Å². The minimum atomic E-state index is -0.170. The lowest BCUT2D eigenvalue weighted by Crippen LogP contribution is -2.29. The van der Waals surface area contributed by atoms with E-state index in [1.165, 1.54) is 24.9 Å². The maximum absolute atomic E-state index is 12.4. The number of nitrogens with one attached hydrogen (secondary N) is 1. The average molecular weight is 340 g/mol. The van der Waals surface area contributed by atoms with Gasteiger partial charge in [-0.3, -0.25) is 9.20 Å². The Labute approximate surface area is 144 Å². The molecule has 3 heterocycles. The van der Waals surface area contributed by atoms with E-state index in [1.54, 1.807) is 17.5 Å². The first-order chi connectivity index (χ1) is 11.7. The second-order valence-electron chi connectivity index (χ2n) is 6.20. The molecule has 5 nitrogen and oxygen atoms in total. The molecule has 1 amide bonds. The Morgan fingerprint density at radius 1 is 1.17 bits per heavy atom. The number of thiazole rings is 1. The molecule has 3 aromatic rings. The van der Waals surface area contributed by atoms with Crippen molar-refractivity contribution in [3.05, 3.63) is 47.2 Å². The van der Waals surface area contributed by atoms with Gasteiger partial charge in [0.15, 0.2) is 4.96 Å². The molecule has 1 N–H and O–H groups in total. The standard InChI is InChI=1S/C18H20N4OS/c1-13-12-24-18-20-16(11-22(13)18)17(23)19-14-5-7-15(8-6-14)21-9-3-2-4-10-21/h5-8,11-12H,2-4,9-10H2,1H3,(H,19,23). The smallest absolute Gasteiger partial charge is 0.275 e. The van der Waals surface area contributed by atoms with Crippen LogP contribution in [0.4, 0.5) is 11.4 Å². The van der Waals surface area contributed by atoms with Crippen molar-refractivity contribution in [2.45, 2.75) is 26.2 Å². The van der Waals surface area contributed by atoms with Crippen molar-refractivity contribution in [1.82, 2.24) is 9.38 Å². The van der Waals surface area contributed by atoms with Crippen LogP contribution in [0.5, 0.6) is 0 Å². The fourth-order valence-corrected chi connectivity index (χ4v) is 3.96. The van der Waals surface area contributed by atoms with E-state index in [-0.39, 0.29) is 5.91 Å². The normalized spacial score (nSPS) is 15.0. The van der Waals surface area contributed by atoms with Crippen LogP contribution in [0.25, 0.3) is 4.96 Å². The first-order valence-electron chi connectivity index (χ1n) is 8.30. The quantitative estimate of drug-likeness (QED) is 0.785. The number of piperidine rings is 1. The first-order valence-corrected chi connectivity index (χ1v) is 9.18. The van der Waals surface area contributed by atoms with E-state index in [0.717, 1.165) is 29.4 Å². The number of imidazole rings is 1. The van der Waals surface area contributed by atoms with Crippen molar-refractivity contribution in [1.29, 1.82) is 0 Å². The Balaban J connectivity index is 1.46. The van der Waals surface area contributed by atoms with Crippen molar-refractivity contribution in [2.24, 2.45) is 0 Å². The number of aryl methyl sites for hydroxylation is 1. The highest BCUT2D eigenvalue weighted by molar-refractivity contribution is 7.15. The Hall–Kier alpha value is -2.34. The molecule has 0 unspecified atom stereocenters. The van der Waals surface area contributed by atoms with Gasteiger partial charge in [0.05, 0.1) is 0 Å². The van der Waals surface area contributed by atoms with Gasteiger partial charge in [-0.15, -0.1) is 11.3 Å². The zero-order valence-electron chi connectivity index (χ0n) is 13.7. The number of rotatable bonds is 3. The molecule has 1 aliphatic rings. The summed E-state index contributed by atoms with van der Waals surface area (Å²) in [7, 11) is 0. The largest absolute Gasteiger partial charge is 0.372 e. The molecule has 0 spiro atoms. The van der Waals surface area contributed by atoms with Crippen molar-refractivity contribution in [3.63, 3.8) is 0 Å². The summed E-state index contributed by atoms with van der Waals surface area (Å²) >= 11 is 1.54. The van der Waals surface area contributed by atoms with Crippen LogP contribution in [0.3, 0.4) is 0 Å². The van der Waals surface area contributed by atoms with Gasteiger partial charge in [0, 0.05) is 41.7 Å². The second kappa shape index (κ2) is 6.28. The molecule has 0 saturated carbocycles. The maximum atomic E-state index is 12.4. The lowest BCUT2D eigenvalue weighted by Gasteiger charge is -2.28. The van der Waals surface area contributed by atoms with Crippen LogP contribution >= 0.6 is 11.3 Å². The summed E-state index contributed by atoms with van der Waals surface area (Å²) in [5.74, 6) is -0.170. The van der Waals surface area contributed by atoms with Crippen molar-refractivity contribution in [2.75, 3.05) is 23.3 Å². The zero-order valence-corrected chi connectivity index (χ0v) is 14.5. The average Bonchev–Trinajstić information content (AvgIpc) is 3.19.